The molecule has 1 rings (SSSR count). The van der Waals surface area contributed by atoms with Crippen LogP contribution >= 0.6 is 0 Å². The Morgan fingerprint density at radius 1 is 1.21 bits per heavy atom. The fraction of sp³-hybridized carbons (Fsp3) is 0.400. The Bertz CT molecular complexity index is 395. The maximum Gasteiger partial charge on any atom is 0.328 e. The van der Waals surface area contributed by atoms with Crippen LogP contribution in [0.2, 0.25) is 0 Å². The first-order valence-electron chi connectivity index (χ1n) is 6.44. The van der Waals surface area contributed by atoms with Gasteiger partial charge < -0.3 is 14.6 Å². The summed E-state index contributed by atoms with van der Waals surface area (Å²) in [7, 11) is 0. The zero-order valence-electron chi connectivity index (χ0n) is 11.2. The van der Waals surface area contributed by atoms with E-state index in [0.29, 0.717) is 13.2 Å². The van der Waals surface area contributed by atoms with Crippen LogP contribution in [-0.2, 0) is 9.53 Å². The summed E-state index contributed by atoms with van der Waals surface area (Å²) in [5.41, 5.74) is 0.834. The van der Waals surface area contributed by atoms with E-state index in [4.69, 9.17) is 14.6 Å². The quantitative estimate of drug-likeness (QED) is 0.550. The minimum absolute atomic E-state index is 0.619. The van der Waals surface area contributed by atoms with E-state index in [9.17, 15) is 4.79 Å². The summed E-state index contributed by atoms with van der Waals surface area (Å²) in [6.07, 6.45) is 4.55. The lowest BCUT2D eigenvalue weighted by molar-refractivity contribution is -0.131. The fourth-order valence-electron chi connectivity index (χ4n) is 1.44. The number of carbonyl (C=O) groups is 1. The normalized spacial score (nSPS) is 10.8. The van der Waals surface area contributed by atoms with Crippen molar-refractivity contribution in [2.24, 2.45) is 0 Å². The molecule has 1 aromatic rings. The predicted octanol–water partition coefficient (Wildman–Crippen LogP) is 2.98. The van der Waals surface area contributed by atoms with E-state index >= 15 is 0 Å². The standard InChI is InChI=1S/C15H20O4/c1-2-10-18-11-3-12-19-14-7-4-13(5-8-14)6-9-15(16)17/h4-9H,2-3,10-12H2,1H3,(H,16,17). The molecule has 0 radical (unpaired) electrons. The molecule has 0 amide bonds. The van der Waals surface area contributed by atoms with Crippen LogP contribution in [-0.4, -0.2) is 30.9 Å². The van der Waals surface area contributed by atoms with Crippen molar-refractivity contribution in [3.63, 3.8) is 0 Å². The Hall–Kier alpha value is -1.81. The smallest absolute Gasteiger partial charge is 0.328 e. The Kier molecular flexibility index (Phi) is 7.35. The molecule has 0 aromatic heterocycles. The van der Waals surface area contributed by atoms with E-state index in [1.54, 1.807) is 6.08 Å². The summed E-state index contributed by atoms with van der Waals surface area (Å²) >= 11 is 0. The van der Waals surface area contributed by atoms with Crippen LogP contribution in [0.15, 0.2) is 30.3 Å². The summed E-state index contributed by atoms with van der Waals surface area (Å²) < 4.78 is 10.9. The van der Waals surface area contributed by atoms with Crippen LogP contribution in [0.5, 0.6) is 5.75 Å². The number of aliphatic carboxylic acids is 1. The molecule has 0 atom stereocenters. The highest BCUT2D eigenvalue weighted by atomic mass is 16.5. The topological polar surface area (TPSA) is 55.8 Å². The summed E-state index contributed by atoms with van der Waals surface area (Å²) in [4.78, 5) is 10.4. The van der Waals surface area contributed by atoms with E-state index in [1.807, 2.05) is 24.3 Å². The van der Waals surface area contributed by atoms with Gasteiger partial charge in [0.1, 0.15) is 5.75 Å². The highest BCUT2D eigenvalue weighted by molar-refractivity contribution is 5.85. The van der Waals surface area contributed by atoms with Gasteiger partial charge >= 0.3 is 5.97 Å². The third-order valence-corrected chi connectivity index (χ3v) is 2.35. The second-order valence-corrected chi connectivity index (χ2v) is 4.05. The molecule has 19 heavy (non-hydrogen) atoms. The van der Waals surface area contributed by atoms with Crippen molar-refractivity contribution in [1.82, 2.24) is 0 Å². The maximum absolute atomic E-state index is 10.4. The summed E-state index contributed by atoms with van der Waals surface area (Å²) in [6.45, 7) is 4.21. The SMILES string of the molecule is CCCOCCCOc1ccc(C=CC(=O)O)cc1. The highest BCUT2D eigenvalue weighted by Gasteiger charge is 1.95. The molecule has 0 saturated carbocycles. The molecule has 4 nitrogen and oxygen atoms in total. The molecule has 0 bridgehead atoms. The first-order valence-corrected chi connectivity index (χ1v) is 6.44. The average Bonchev–Trinajstić information content (AvgIpc) is 2.41. The predicted molar refractivity (Wildman–Crippen MR) is 74.3 cm³/mol. The molecule has 0 aliphatic carbocycles. The van der Waals surface area contributed by atoms with Gasteiger partial charge in [-0.1, -0.05) is 19.1 Å². The molecule has 0 unspecified atom stereocenters. The second kappa shape index (κ2) is 9.16. The first kappa shape index (κ1) is 15.2. The van der Waals surface area contributed by atoms with E-state index in [-0.39, 0.29) is 0 Å². The van der Waals surface area contributed by atoms with Crippen molar-refractivity contribution in [3.05, 3.63) is 35.9 Å². The average molecular weight is 264 g/mol. The van der Waals surface area contributed by atoms with Crippen molar-refractivity contribution in [2.75, 3.05) is 19.8 Å². The number of carboxylic acids is 1. The largest absolute Gasteiger partial charge is 0.494 e. The zero-order valence-corrected chi connectivity index (χ0v) is 11.2. The van der Waals surface area contributed by atoms with Gasteiger partial charge in [0.25, 0.3) is 0 Å². The van der Waals surface area contributed by atoms with Gasteiger partial charge in [-0.25, -0.2) is 4.79 Å². The lowest BCUT2D eigenvalue weighted by atomic mass is 10.2. The third-order valence-electron chi connectivity index (χ3n) is 2.35. The third kappa shape index (κ3) is 7.26. The molecule has 4 heteroatoms. The molecule has 1 aromatic carbocycles. The molecule has 0 aliphatic rings. The Labute approximate surface area is 113 Å². The summed E-state index contributed by atoms with van der Waals surface area (Å²) in [6, 6.07) is 7.30. The second-order valence-electron chi connectivity index (χ2n) is 4.05. The number of benzene rings is 1. The van der Waals surface area contributed by atoms with Crippen molar-refractivity contribution in [2.45, 2.75) is 19.8 Å². The molecular formula is C15H20O4. The lowest BCUT2D eigenvalue weighted by Crippen LogP contribution is -2.03. The van der Waals surface area contributed by atoms with E-state index in [1.165, 1.54) is 0 Å². The number of carboxylic acid groups (broad SMARTS) is 1. The molecular weight excluding hydrogens is 244 g/mol. The number of hydrogen-bond acceptors (Lipinski definition) is 3. The molecule has 0 aliphatic heterocycles. The van der Waals surface area contributed by atoms with E-state index < -0.39 is 5.97 Å². The van der Waals surface area contributed by atoms with Crippen LogP contribution in [0, 0.1) is 0 Å². The Balaban J connectivity index is 2.26. The fourth-order valence-corrected chi connectivity index (χ4v) is 1.44. The summed E-state index contributed by atoms with van der Waals surface area (Å²) in [5, 5.41) is 8.51. The molecule has 104 valence electrons. The lowest BCUT2D eigenvalue weighted by Gasteiger charge is -2.06. The highest BCUT2D eigenvalue weighted by Crippen LogP contribution is 2.13. The monoisotopic (exact) mass is 264 g/mol. The van der Waals surface area contributed by atoms with E-state index in [0.717, 1.165) is 36.8 Å². The van der Waals surface area contributed by atoms with Crippen LogP contribution < -0.4 is 4.74 Å². The van der Waals surface area contributed by atoms with Gasteiger partial charge in [-0.05, 0) is 30.2 Å². The minimum Gasteiger partial charge on any atom is -0.494 e. The van der Waals surface area contributed by atoms with Crippen LogP contribution in [0.1, 0.15) is 25.3 Å². The molecule has 1 N–H and O–H groups in total. The Morgan fingerprint density at radius 3 is 2.58 bits per heavy atom. The molecule has 0 saturated heterocycles. The van der Waals surface area contributed by atoms with Gasteiger partial charge in [0, 0.05) is 25.7 Å². The number of ether oxygens (including phenoxy) is 2. The van der Waals surface area contributed by atoms with Crippen molar-refractivity contribution in [1.29, 1.82) is 0 Å². The Morgan fingerprint density at radius 2 is 1.95 bits per heavy atom. The molecule has 0 fully saturated rings. The van der Waals surface area contributed by atoms with Gasteiger partial charge in [0.15, 0.2) is 0 Å². The van der Waals surface area contributed by atoms with Crippen molar-refractivity contribution in [3.8, 4) is 5.75 Å². The van der Waals surface area contributed by atoms with Crippen LogP contribution in [0.3, 0.4) is 0 Å². The molecule has 0 spiro atoms. The van der Waals surface area contributed by atoms with E-state index in [2.05, 4.69) is 6.92 Å². The molecule has 0 heterocycles. The van der Waals surface area contributed by atoms with Gasteiger partial charge in [-0.15, -0.1) is 0 Å². The van der Waals surface area contributed by atoms with Gasteiger partial charge in [0.05, 0.1) is 6.61 Å². The van der Waals surface area contributed by atoms with Crippen molar-refractivity contribution < 1.29 is 19.4 Å². The van der Waals surface area contributed by atoms with Crippen LogP contribution in [0.25, 0.3) is 6.08 Å². The van der Waals surface area contributed by atoms with Crippen LogP contribution in [0.4, 0.5) is 0 Å². The van der Waals surface area contributed by atoms with Gasteiger partial charge in [-0.3, -0.25) is 0 Å². The summed E-state index contributed by atoms with van der Waals surface area (Å²) in [5.74, 6) is -0.171. The number of hydrogen-bond donors (Lipinski definition) is 1. The maximum atomic E-state index is 10.4. The minimum atomic E-state index is -0.951. The number of rotatable bonds is 9. The van der Waals surface area contributed by atoms with Gasteiger partial charge in [-0.2, -0.15) is 0 Å². The zero-order chi connectivity index (χ0) is 13.9. The van der Waals surface area contributed by atoms with Crippen molar-refractivity contribution >= 4 is 12.0 Å². The van der Waals surface area contributed by atoms with Gasteiger partial charge in [0.2, 0.25) is 0 Å². The first-order chi connectivity index (χ1) is 9.22.